The van der Waals surface area contributed by atoms with E-state index in [9.17, 15) is 111 Å². The fraction of sp³-hybridized carbons (Fsp3) is 0.184. The number of aliphatic hydroxyl groups excluding tert-OH is 2. The van der Waals surface area contributed by atoms with E-state index < -0.39 is 222 Å². The minimum Gasteiger partial charge on any atom is -0.504 e. The van der Waals surface area contributed by atoms with Crippen LogP contribution in [0.4, 0.5) is 0 Å². The smallest absolute Gasteiger partial charge is 0.339 e. The van der Waals surface area contributed by atoms with E-state index in [0.29, 0.717) is 24.3 Å². The van der Waals surface area contributed by atoms with Crippen LogP contribution in [0.5, 0.6) is 103 Å². The van der Waals surface area contributed by atoms with Gasteiger partial charge in [0.1, 0.15) is 31.2 Å². The van der Waals surface area contributed by atoms with E-state index in [4.69, 9.17) is 28.4 Å². The largest absolute Gasteiger partial charge is 0.504 e. The number of fused-ring (bicyclic) bond motifs is 7. The molecule has 0 bridgehead atoms. The van der Waals surface area contributed by atoms with Crippen molar-refractivity contribution in [3.05, 3.63) is 81.9 Å². The third-order valence-electron chi connectivity index (χ3n) is 12.6. The predicted molar refractivity (Wildman–Crippen MR) is 246 cm³/mol. The molecule has 3 aliphatic heterocycles. The zero-order valence-corrected chi connectivity index (χ0v) is 38.3. The lowest BCUT2D eigenvalue weighted by molar-refractivity contribution is -0.134. The summed E-state index contributed by atoms with van der Waals surface area (Å²) in [6.45, 7) is -2.79. The number of esters is 4. The molecule has 0 aliphatic carbocycles. The molecule has 77 heavy (non-hydrogen) atoms. The van der Waals surface area contributed by atoms with E-state index >= 15 is 0 Å². The van der Waals surface area contributed by atoms with Crippen molar-refractivity contribution in [3.63, 3.8) is 0 Å². The summed E-state index contributed by atoms with van der Waals surface area (Å²) < 4.78 is 33.9. The molecule has 6 atom stereocenters. The molecule has 3 heterocycles. The van der Waals surface area contributed by atoms with Crippen LogP contribution in [-0.4, -0.2) is 160 Å². The van der Waals surface area contributed by atoms with Gasteiger partial charge in [0.05, 0.1) is 28.4 Å². The number of phenols is 16. The van der Waals surface area contributed by atoms with E-state index in [1.807, 2.05) is 0 Å². The standard InChI is InChI=1S/C49H38O28/c50-18-2-1-12(3-19(18)51)42-24(56)4-13-27(74-42)9-25(57)43(33(13)59)72-11-28-45(77-49(71)17-8-23(55)37(63)41(67)32(17)30-15(47(69)75-28)6-21(53)35(61)39(30)65)44-26(58)10-73-46(68)14-5-20(52)34(60)38(64)29(14)31-16(48(70)76-44)7-22(54)36(62)40(31)66/h1-3,5-9,24,26,28,42,44-45,50-67H,4,10-11H2/t24-,26+,28-,42+,44+,45+/m0/s1. The van der Waals surface area contributed by atoms with Crippen molar-refractivity contribution in [2.24, 2.45) is 0 Å². The average Bonchev–Trinajstić information content (AvgIpc) is 3.48. The monoisotopic (exact) mass is 1070 g/mol. The highest BCUT2D eigenvalue weighted by Gasteiger charge is 2.48. The van der Waals surface area contributed by atoms with Gasteiger partial charge in [0.15, 0.2) is 87.3 Å². The van der Waals surface area contributed by atoms with Gasteiger partial charge in [-0.05, 0) is 42.0 Å². The molecule has 0 unspecified atom stereocenters. The molecule has 0 amide bonds. The van der Waals surface area contributed by atoms with Crippen LogP contribution < -0.4 is 9.47 Å². The van der Waals surface area contributed by atoms with Crippen LogP contribution in [-0.2, 0) is 25.4 Å². The second-order valence-corrected chi connectivity index (χ2v) is 17.3. The number of hydrogen-bond acceptors (Lipinski definition) is 28. The quantitative estimate of drug-likeness (QED) is 0.0668. The van der Waals surface area contributed by atoms with Gasteiger partial charge in [0.2, 0.25) is 28.7 Å². The Morgan fingerprint density at radius 1 is 0.429 bits per heavy atom. The first kappa shape index (κ1) is 51.4. The SMILES string of the molecule is O=C1OC[C@@H](O)[C@H]([C@@H]2OC(=O)c3cc(O)c(O)c(O)c3-c3c(cc(O)c(O)c3O)C(=O)O[C@H]2COc2c(O)cc3c(c2O)C[C@H](O)[C@@H](c2ccc(O)c(O)c2)O3)OC(=O)c2cc(O)c(O)c(O)c2-c2c1cc(O)c(O)c2O. The third-order valence-corrected chi connectivity index (χ3v) is 12.6. The van der Waals surface area contributed by atoms with Crippen LogP contribution in [0.25, 0.3) is 22.3 Å². The van der Waals surface area contributed by atoms with Crippen molar-refractivity contribution in [1.82, 2.24) is 0 Å². The highest BCUT2D eigenvalue weighted by Crippen LogP contribution is 2.56. The molecule has 3 aliphatic rings. The number of aliphatic hydroxyl groups is 2. The van der Waals surface area contributed by atoms with Crippen molar-refractivity contribution >= 4 is 23.9 Å². The van der Waals surface area contributed by atoms with Crippen molar-refractivity contribution in [3.8, 4) is 126 Å². The Balaban J connectivity index is 1.21. The van der Waals surface area contributed by atoms with Crippen molar-refractivity contribution in [2.75, 3.05) is 13.2 Å². The topological polar surface area (TPSA) is 488 Å². The maximum absolute atomic E-state index is 14.7. The normalized spacial score (nSPS) is 20.2. The summed E-state index contributed by atoms with van der Waals surface area (Å²) in [4.78, 5) is 57.6. The fourth-order valence-electron chi connectivity index (χ4n) is 8.86. The summed E-state index contributed by atoms with van der Waals surface area (Å²) >= 11 is 0. The summed E-state index contributed by atoms with van der Waals surface area (Å²) in [5.41, 5.74) is -8.99. The van der Waals surface area contributed by atoms with Gasteiger partial charge in [0.25, 0.3) is 0 Å². The molecule has 9 rings (SSSR count). The van der Waals surface area contributed by atoms with Gasteiger partial charge in [-0.3, -0.25) is 0 Å². The van der Waals surface area contributed by atoms with Crippen molar-refractivity contribution in [1.29, 1.82) is 0 Å². The van der Waals surface area contributed by atoms with E-state index in [1.54, 1.807) is 0 Å². The second kappa shape index (κ2) is 18.8. The number of carbonyl (C=O) groups is 4. The van der Waals surface area contributed by atoms with E-state index in [-0.39, 0.29) is 16.9 Å². The van der Waals surface area contributed by atoms with Crippen molar-refractivity contribution < 1.29 is 140 Å². The number of cyclic esters (lactones) is 4. The number of ether oxygens (including phenoxy) is 6. The highest BCUT2D eigenvalue weighted by molar-refractivity contribution is 6.10. The Labute approximate surface area is 426 Å². The number of benzene rings is 6. The van der Waals surface area contributed by atoms with Gasteiger partial charge < -0.3 is 120 Å². The van der Waals surface area contributed by atoms with Crippen molar-refractivity contribution in [2.45, 2.75) is 43.0 Å². The molecular formula is C49H38O28. The first-order valence-electron chi connectivity index (χ1n) is 22.0. The van der Waals surface area contributed by atoms with Crippen LogP contribution in [0.2, 0.25) is 0 Å². The summed E-state index contributed by atoms with van der Waals surface area (Å²) in [6.07, 6.45) is -13.8. The van der Waals surface area contributed by atoms with E-state index in [1.165, 1.54) is 6.07 Å². The Morgan fingerprint density at radius 2 is 0.870 bits per heavy atom. The Morgan fingerprint density at radius 3 is 1.34 bits per heavy atom. The number of phenolic OH excluding ortho intramolecular Hbond substituents is 16. The number of aromatic hydroxyl groups is 16. The van der Waals surface area contributed by atoms with Crippen LogP contribution >= 0.6 is 0 Å². The van der Waals surface area contributed by atoms with Gasteiger partial charge in [0, 0.05) is 40.3 Å². The fourth-order valence-corrected chi connectivity index (χ4v) is 8.86. The summed E-state index contributed by atoms with van der Waals surface area (Å²) in [5, 5.41) is 195. The Kier molecular flexibility index (Phi) is 12.5. The first-order chi connectivity index (χ1) is 36.3. The Hall–Kier alpha value is -10.5. The molecule has 28 nitrogen and oxygen atoms in total. The Bertz CT molecular complexity index is 3530. The number of rotatable bonds is 5. The van der Waals surface area contributed by atoms with E-state index in [2.05, 4.69) is 0 Å². The second-order valence-electron chi connectivity index (χ2n) is 17.3. The molecular weight excluding hydrogens is 1040 g/mol. The zero-order chi connectivity index (χ0) is 56.0. The van der Waals surface area contributed by atoms with E-state index in [0.717, 1.165) is 18.2 Å². The molecule has 0 saturated heterocycles. The molecule has 6 aromatic carbocycles. The minimum absolute atomic E-state index is 0.129. The third kappa shape index (κ3) is 8.48. The molecule has 0 aromatic heterocycles. The molecule has 0 fully saturated rings. The van der Waals surface area contributed by atoms with Crippen LogP contribution in [0.3, 0.4) is 0 Å². The molecule has 6 aromatic rings. The number of hydrogen-bond donors (Lipinski definition) is 18. The molecule has 18 N–H and O–H groups in total. The maximum Gasteiger partial charge on any atom is 0.339 e. The van der Waals surface area contributed by atoms with Gasteiger partial charge in [-0.1, -0.05) is 6.07 Å². The highest BCUT2D eigenvalue weighted by atomic mass is 16.6. The first-order valence-corrected chi connectivity index (χ1v) is 22.0. The van der Waals surface area contributed by atoms with Gasteiger partial charge >= 0.3 is 23.9 Å². The average molecular weight is 1070 g/mol. The predicted octanol–water partition coefficient (Wildman–Crippen LogP) is 2.25. The maximum atomic E-state index is 14.7. The lowest BCUT2D eigenvalue weighted by atomic mass is 9.91. The summed E-state index contributed by atoms with van der Waals surface area (Å²) in [7, 11) is 0. The molecule has 402 valence electrons. The zero-order valence-electron chi connectivity index (χ0n) is 38.3. The van der Waals surface area contributed by atoms with Gasteiger partial charge in [-0.25, -0.2) is 19.2 Å². The minimum atomic E-state index is -2.70. The molecule has 0 radical (unpaired) electrons. The summed E-state index contributed by atoms with van der Waals surface area (Å²) in [5.74, 6) is -28.1. The summed E-state index contributed by atoms with van der Waals surface area (Å²) in [6, 6.07) is 5.96. The lowest BCUT2D eigenvalue weighted by Crippen LogP contribution is -2.54. The van der Waals surface area contributed by atoms with Crippen LogP contribution in [0.15, 0.2) is 48.5 Å². The van der Waals surface area contributed by atoms with Gasteiger partial charge in [-0.15, -0.1) is 0 Å². The van der Waals surface area contributed by atoms with Crippen LogP contribution in [0, 0.1) is 0 Å². The number of carbonyl (C=O) groups excluding carboxylic acids is 4. The van der Waals surface area contributed by atoms with Gasteiger partial charge in [-0.2, -0.15) is 0 Å². The molecule has 0 saturated carbocycles. The lowest BCUT2D eigenvalue weighted by Gasteiger charge is -2.35. The van der Waals surface area contributed by atoms with Crippen LogP contribution in [0.1, 0.15) is 58.7 Å². The molecule has 0 spiro atoms. The molecule has 28 heteroatoms.